The van der Waals surface area contributed by atoms with E-state index in [-0.39, 0.29) is 4.75 Å². The van der Waals surface area contributed by atoms with Crippen molar-refractivity contribution >= 4 is 11.8 Å². The lowest BCUT2D eigenvalue weighted by Crippen LogP contribution is -2.36. The van der Waals surface area contributed by atoms with Crippen LogP contribution in [0.15, 0.2) is 39.4 Å². The van der Waals surface area contributed by atoms with Crippen molar-refractivity contribution in [2.45, 2.75) is 106 Å². The van der Waals surface area contributed by atoms with Crippen LogP contribution in [0, 0.1) is 0 Å². The highest BCUT2D eigenvalue weighted by molar-refractivity contribution is 8.00. The van der Waals surface area contributed by atoms with Crippen molar-refractivity contribution in [2.24, 2.45) is 10.2 Å². The molecule has 0 radical (unpaired) electrons. The van der Waals surface area contributed by atoms with E-state index in [4.69, 9.17) is 15.0 Å². The Morgan fingerprint density at radius 2 is 1.54 bits per heavy atom. The van der Waals surface area contributed by atoms with Gasteiger partial charge in [0.1, 0.15) is 5.75 Å². The molecule has 0 aliphatic heterocycles. The van der Waals surface area contributed by atoms with E-state index in [2.05, 4.69) is 45.0 Å². The molecule has 1 aromatic carbocycles. The van der Waals surface area contributed by atoms with E-state index in [1.165, 1.54) is 56.3 Å². The van der Waals surface area contributed by atoms with Gasteiger partial charge in [0.15, 0.2) is 0 Å². The monoisotopic (exact) mass is 374 g/mol. The van der Waals surface area contributed by atoms with E-state index in [9.17, 15) is 0 Å². The van der Waals surface area contributed by atoms with Gasteiger partial charge in [-0.25, -0.2) is 0 Å². The molecule has 0 atom stereocenters. The first-order chi connectivity index (χ1) is 12.4. The van der Waals surface area contributed by atoms with Crippen LogP contribution in [0.1, 0.15) is 85.0 Å². The second-order valence-electron chi connectivity index (χ2n) is 8.80. The Bertz CT molecular complexity index is 579. The van der Waals surface area contributed by atoms with Crippen LogP contribution < -0.4 is 4.74 Å². The molecular formula is C22H34N2OS. The van der Waals surface area contributed by atoms with Crippen LogP contribution in [0.2, 0.25) is 0 Å². The zero-order valence-electron chi connectivity index (χ0n) is 16.7. The van der Waals surface area contributed by atoms with Gasteiger partial charge in [-0.2, -0.15) is 5.11 Å². The van der Waals surface area contributed by atoms with Gasteiger partial charge >= 0.3 is 0 Å². The molecule has 2 saturated carbocycles. The summed E-state index contributed by atoms with van der Waals surface area (Å²) < 4.78 is 6.67. The van der Waals surface area contributed by atoms with Crippen LogP contribution in [0.25, 0.3) is 0 Å². The predicted molar refractivity (Wildman–Crippen MR) is 110 cm³/mol. The molecule has 3 nitrogen and oxygen atoms in total. The summed E-state index contributed by atoms with van der Waals surface area (Å²) in [6.07, 6.45) is 12.0. The van der Waals surface area contributed by atoms with Crippen molar-refractivity contribution < 1.29 is 4.74 Å². The molecule has 144 valence electrons. The van der Waals surface area contributed by atoms with Crippen LogP contribution in [0.5, 0.6) is 5.75 Å². The minimum absolute atomic E-state index is 0.223. The van der Waals surface area contributed by atoms with Gasteiger partial charge in [-0.1, -0.05) is 46.5 Å². The molecule has 26 heavy (non-hydrogen) atoms. The van der Waals surface area contributed by atoms with Gasteiger partial charge in [0.2, 0.25) is 5.72 Å². The Kier molecular flexibility index (Phi) is 6.65. The lowest BCUT2D eigenvalue weighted by Gasteiger charge is -2.33. The highest BCUT2D eigenvalue weighted by Gasteiger charge is 2.35. The van der Waals surface area contributed by atoms with Crippen molar-refractivity contribution in [1.29, 1.82) is 0 Å². The topological polar surface area (TPSA) is 34.0 Å². The van der Waals surface area contributed by atoms with Gasteiger partial charge < -0.3 is 4.74 Å². The van der Waals surface area contributed by atoms with E-state index in [0.717, 1.165) is 18.6 Å². The van der Waals surface area contributed by atoms with Gasteiger partial charge in [-0.3, -0.25) is 0 Å². The van der Waals surface area contributed by atoms with Crippen molar-refractivity contribution in [3.8, 4) is 5.75 Å². The number of ether oxygens (including phenoxy) is 1. The van der Waals surface area contributed by atoms with Gasteiger partial charge in [-0.15, -0.1) is 16.9 Å². The second-order valence-corrected chi connectivity index (χ2v) is 10.7. The fraction of sp³-hybridized carbons (Fsp3) is 0.727. The van der Waals surface area contributed by atoms with Crippen molar-refractivity contribution in [1.82, 2.24) is 0 Å². The fourth-order valence-corrected chi connectivity index (χ4v) is 4.84. The van der Waals surface area contributed by atoms with Gasteiger partial charge in [0, 0.05) is 22.5 Å². The lowest BCUT2D eigenvalue weighted by atomic mass is 9.92. The molecule has 0 unspecified atom stereocenters. The molecule has 3 rings (SSSR count). The Hall–Kier alpha value is -1.03. The molecule has 0 N–H and O–H groups in total. The molecule has 2 aliphatic rings. The van der Waals surface area contributed by atoms with Crippen LogP contribution in [-0.2, 0) is 0 Å². The molecule has 0 bridgehead atoms. The standard InChI is InChI=1S/C22H34N2OS/c1-21(2,3)26-20-14-12-19(13-15-20)25-22(16-8-5-9-17-22)24-23-18-10-6-4-7-11-18/h12-15,18H,4-11,16-17H2,1-3H3. The summed E-state index contributed by atoms with van der Waals surface area (Å²) in [6, 6.07) is 8.94. The first-order valence-corrected chi connectivity index (χ1v) is 11.2. The summed E-state index contributed by atoms with van der Waals surface area (Å²) in [4.78, 5) is 1.28. The van der Waals surface area contributed by atoms with E-state index < -0.39 is 5.72 Å². The molecule has 2 aliphatic carbocycles. The maximum absolute atomic E-state index is 6.45. The van der Waals surface area contributed by atoms with Crippen LogP contribution in [0.4, 0.5) is 0 Å². The first-order valence-electron chi connectivity index (χ1n) is 10.3. The van der Waals surface area contributed by atoms with Gasteiger partial charge in [0.25, 0.3) is 0 Å². The maximum atomic E-state index is 6.45. The SMILES string of the molecule is CC(C)(C)Sc1ccc(OC2(N=NC3CCCCC3)CCCCC2)cc1. The summed E-state index contributed by atoms with van der Waals surface area (Å²) in [5.74, 6) is 0.924. The average Bonchev–Trinajstić information content (AvgIpc) is 2.62. The number of hydrogen-bond acceptors (Lipinski definition) is 4. The van der Waals surface area contributed by atoms with Gasteiger partial charge in [0.05, 0.1) is 6.04 Å². The van der Waals surface area contributed by atoms with Crippen LogP contribution in [0.3, 0.4) is 0 Å². The van der Waals surface area contributed by atoms with Crippen molar-refractivity contribution in [2.75, 3.05) is 0 Å². The lowest BCUT2D eigenvalue weighted by molar-refractivity contribution is 0.0296. The number of nitrogens with zero attached hydrogens (tertiary/aromatic N) is 2. The largest absolute Gasteiger partial charge is 0.465 e. The number of azo groups is 1. The molecular weight excluding hydrogens is 340 g/mol. The molecule has 4 heteroatoms. The Morgan fingerprint density at radius 1 is 0.923 bits per heavy atom. The third kappa shape index (κ3) is 6.00. The molecule has 0 spiro atoms. The number of thioether (sulfide) groups is 1. The summed E-state index contributed by atoms with van der Waals surface area (Å²) in [5, 5.41) is 9.55. The quantitative estimate of drug-likeness (QED) is 0.397. The highest BCUT2D eigenvalue weighted by Crippen LogP contribution is 2.37. The second kappa shape index (κ2) is 8.77. The highest BCUT2D eigenvalue weighted by atomic mass is 32.2. The molecule has 2 fully saturated rings. The Morgan fingerprint density at radius 3 is 2.15 bits per heavy atom. The Labute approximate surface area is 163 Å². The molecule has 1 aromatic rings. The van der Waals surface area contributed by atoms with E-state index >= 15 is 0 Å². The summed E-state index contributed by atoms with van der Waals surface area (Å²) in [5.41, 5.74) is -0.436. The zero-order chi connectivity index (χ0) is 18.5. The van der Waals surface area contributed by atoms with E-state index in [0.29, 0.717) is 6.04 Å². The third-order valence-electron chi connectivity index (χ3n) is 5.17. The summed E-state index contributed by atoms with van der Waals surface area (Å²) in [6.45, 7) is 6.72. The van der Waals surface area contributed by atoms with Crippen LogP contribution >= 0.6 is 11.8 Å². The van der Waals surface area contributed by atoms with Crippen molar-refractivity contribution in [3.63, 3.8) is 0 Å². The average molecular weight is 375 g/mol. The predicted octanol–water partition coefficient (Wildman–Crippen LogP) is 7.40. The minimum Gasteiger partial charge on any atom is -0.465 e. The normalized spacial score (nSPS) is 21.8. The third-order valence-corrected chi connectivity index (χ3v) is 6.29. The molecule has 0 saturated heterocycles. The fourth-order valence-electron chi connectivity index (χ4n) is 3.86. The van der Waals surface area contributed by atoms with Crippen molar-refractivity contribution in [3.05, 3.63) is 24.3 Å². The molecule has 0 aromatic heterocycles. The smallest absolute Gasteiger partial charge is 0.218 e. The number of benzene rings is 1. The van der Waals surface area contributed by atoms with Crippen LogP contribution in [-0.4, -0.2) is 16.5 Å². The summed E-state index contributed by atoms with van der Waals surface area (Å²) >= 11 is 1.89. The minimum atomic E-state index is -0.436. The maximum Gasteiger partial charge on any atom is 0.218 e. The van der Waals surface area contributed by atoms with E-state index in [1.807, 2.05) is 11.8 Å². The van der Waals surface area contributed by atoms with E-state index in [1.54, 1.807) is 0 Å². The zero-order valence-corrected chi connectivity index (χ0v) is 17.5. The number of hydrogen-bond donors (Lipinski definition) is 0. The Balaban J connectivity index is 1.68. The molecule has 0 heterocycles. The number of rotatable bonds is 5. The molecule has 0 amide bonds. The first kappa shape index (κ1) is 19.7. The van der Waals surface area contributed by atoms with Gasteiger partial charge in [-0.05, 0) is 49.9 Å². The summed E-state index contributed by atoms with van der Waals surface area (Å²) in [7, 11) is 0.